The van der Waals surface area contributed by atoms with Gasteiger partial charge in [0.15, 0.2) is 0 Å². The van der Waals surface area contributed by atoms with Gasteiger partial charge in [0.05, 0.1) is 17.2 Å². The van der Waals surface area contributed by atoms with Crippen molar-refractivity contribution < 1.29 is 14.0 Å². The van der Waals surface area contributed by atoms with E-state index in [1.54, 1.807) is 30.3 Å². The van der Waals surface area contributed by atoms with E-state index in [1.807, 2.05) is 19.1 Å². The summed E-state index contributed by atoms with van der Waals surface area (Å²) in [6.07, 6.45) is 2.48. The highest BCUT2D eigenvalue weighted by atomic mass is 79.9. The minimum Gasteiger partial charge on any atom is -0.463 e. The molecule has 0 unspecified atom stereocenters. The van der Waals surface area contributed by atoms with Crippen molar-refractivity contribution in [3.8, 4) is 0 Å². The number of benzene rings is 2. The lowest BCUT2D eigenvalue weighted by molar-refractivity contribution is -0.124. The van der Waals surface area contributed by atoms with Crippen molar-refractivity contribution in [2.45, 2.75) is 19.8 Å². The minimum absolute atomic E-state index is 0.0161. The third kappa shape index (κ3) is 5.61. The van der Waals surface area contributed by atoms with Crippen LogP contribution in [0.5, 0.6) is 0 Å². The number of nitrogens with one attached hydrogen (secondary N) is 2. The molecule has 0 aliphatic carbocycles. The van der Waals surface area contributed by atoms with Crippen LogP contribution in [0.2, 0.25) is 0 Å². The molecule has 2 aromatic carbocycles. The molecule has 2 amide bonds. The number of aryl methyl sites for hydroxylation is 1. The fourth-order valence-corrected chi connectivity index (χ4v) is 2.86. The molecule has 148 valence electrons. The van der Waals surface area contributed by atoms with Crippen molar-refractivity contribution in [2.75, 3.05) is 5.32 Å². The molecule has 3 rings (SSSR count). The summed E-state index contributed by atoms with van der Waals surface area (Å²) >= 11 is 3.32. The largest absolute Gasteiger partial charge is 0.463 e. The predicted octanol–water partition coefficient (Wildman–Crippen LogP) is 3.73. The SMILES string of the molecule is Cc1ccc(NC(=O)CCC(=O)N/N=C\c2coc3cc(Br)ccc3c2=O)cc1. The van der Waals surface area contributed by atoms with E-state index >= 15 is 0 Å². The van der Waals surface area contributed by atoms with E-state index in [0.717, 1.165) is 10.0 Å². The van der Waals surface area contributed by atoms with E-state index < -0.39 is 5.91 Å². The summed E-state index contributed by atoms with van der Waals surface area (Å²) in [6.45, 7) is 1.96. The van der Waals surface area contributed by atoms with Gasteiger partial charge in [-0.3, -0.25) is 14.4 Å². The minimum atomic E-state index is -0.436. The second kappa shape index (κ2) is 9.29. The van der Waals surface area contributed by atoms with Gasteiger partial charge in [-0.2, -0.15) is 5.10 Å². The Balaban J connectivity index is 1.52. The van der Waals surface area contributed by atoms with Crippen LogP contribution >= 0.6 is 15.9 Å². The van der Waals surface area contributed by atoms with E-state index in [9.17, 15) is 14.4 Å². The number of rotatable bonds is 6. The summed E-state index contributed by atoms with van der Waals surface area (Å²) in [5, 5.41) is 6.91. The molecular weight excluding hydrogens is 438 g/mol. The number of halogens is 1. The van der Waals surface area contributed by atoms with Crippen molar-refractivity contribution in [2.24, 2.45) is 5.10 Å². The molecule has 8 heteroatoms. The highest BCUT2D eigenvalue weighted by Gasteiger charge is 2.08. The second-order valence-electron chi connectivity index (χ2n) is 6.37. The average molecular weight is 456 g/mol. The topological polar surface area (TPSA) is 101 Å². The van der Waals surface area contributed by atoms with Crippen molar-refractivity contribution in [1.29, 1.82) is 0 Å². The molecule has 3 aromatic rings. The molecule has 2 N–H and O–H groups in total. The van der Waals surface area contributed by atoms with Gasteiger partial charge in [0.1, 0.15) is 11.8 Å². The van der Waals surface area contributed by atoms with E-state index in [1.165, 1.54) is 12.5 Å². The van der Waals surface area contributed by atoms with Crippen LogP contribution in [0.3, 0.4) is 0 Å². The number of amides is 2. The zero-order valence-electron chi connectivity index (χ0n) is 15.6. The number of anilines is 1. The molecule has 29 heavy (non-hydrogen) atoms. The fourth-order valence-electron chi connectivity index (χ4n) is 2.52. The Morgan fingerprint density at radius 2 is 1.83 bits per heavy atom. The lowest BCUT2D eigenvalue weighted by Gasteiger charge is -2.05. The summed E-state index contributed by atoms with van der Waals surface area (Å²) in [6, 6.07) is 12.5. The van der Waals surface area contributed by atoms with E-state index in [2.05, 4.69) is 31.8 Å². The van der Waals surface area contributed by atoms with Gasteiger partial charge in [-0.25, -0.2) is 5.43 Å². The summed E-state index contributed by atoms with van der Waals surface area (Å²) in [5.74, 6) is -0.705. The molecule has 0 fully saturated rings. The number of hydrazone groups is 1. The van der Waals surface area contributed by atoms with Gasteiger partial charge in [-0.05, 0) is 37.3 Å². The monoisotopic (exact) mass is 455 g/mol. The Hall–Kier alpha value is -3.26. The van der Waals surface area contributed by atoms with Crippen molar-refractivity contribution in [3.63, 3.8) is 0 Å². The number of hydrogen-bond donors (Lipinski definition) is 2. The first kappa shape index (κ1) is 20.5. The molecule has 0 spiro atoms. The van der Waals surface area contributed by atoms with Crippen LogP contribution in [-0.2, 0) is 9.59 Å². The molecule has 0 saturated heterocycles. The Morgan fingerprint density at radius 3 is 2.59 bits per heavy atom. The van der Waals surface area contributed by atoms with Gasteiger partial charge in [0.2, 0.25) is 17.2 Å². The van der Waals surface area contributed by atoms with Gasteiger partial charge >= 0.3 is 0 Å². The van der Waals surface area contributed by atoms with Crippen LogP contribution in [0.15, 0.2) is 67.5 Å². The predicted molar refractivity (Wildman–Crippen MR) is 115 cm³/mol. The molecule has 0 aliphatic heterocycles. The van der Waals surface area contributed by atoms with Crippen molar-refractivity contribution in [3.05, 3.63) is 74.6 Å². The molecule has 1 heterocycles. The van der Waals surface area contributed by atoms with E-state index in [4.69, 9.17) is 4.42 Å². The Kier molecular flexibility index (Phi) is 6.56. The first-order valence-electron chi connectivity index (χ1n) is 8.82. The molecule has 0 atom stereocenters. The molecule has 1 aromatic heterocycles. The van der Waals surface area contributed by atoms with Crippen LogP contribution in [0.1, 0.15) is 24.0 Å². The van der Waals surface area contributed by atoms with Crippen LogP contribution in [0, 0.1) is 6.92 Å². The van der Waals surface area contributed by atoms with Gasteiger partial charge < -0.3 is 9.73 Å². The normalized spacial score (nSPS) is 11.0. The standard InChI is InChI=1S/C21H18BrN3O4/c1-13-2-5-16(6-3-13)24-19(26)8-9-20(27)25-23-11-14-12-29-18-10-15(22)4-7-17(18)21(14)28/h2-7,10-12H,8-9H2,1H3,(H,24,26)(H,25,27)/b23-11-. The number of hydrogen-bond acceptors (Lipinski definition) is 5. The lowest BCUT2D eigenvalue weighted by atomic mass is 10.2. The lowest BCUT2D eigenvalue weighted by Crippen LogP contribution is -2.21. The zero-order chi connectivity index (χ0) is 20.8. The molecule has 7 nitrogen and oxygen atoms in total. The Bertz CT molecular complexity index is 1140. The number of nitrogens with zero attached hydrogens (tertiary/aromatic N) is 1. The first-order chi connectivity index (χ1) is 13.9. The molecular formula is C21H18BrN3O4. The third-order valence-corrected chi connectivity index (χ3v) is 4.56. The van der Waals surface area contributed by atoms with Crippen molar-refractivity contribution >= 4 is 50.6 Å². The average Bonchev–Trinajstić information content (AvgIpc) is 2.70. The van der Waals surface area contributed by atoms with Crippen LogP contribution in [0.4, 0.5) is 5.69 Å². The summed E-state index contributed by atoms with van der Waals surface area (Å²) in [4.78, 5) is 36.2. The van der Waals surface area contributed by atoms with Gasteiger partial charge in [-0.1, -0.05) is 33.6 Å². The number of carbonyl (C=O) groups is 2. The molecule has 0 aliphatic rings. The smallest absolute Gasteiger partial charge is 0.240 e. The van der Waals surface area contributed by atoms with E-state index in [0.29, 0.717) is 16.7 Å². The van der Waals surface area contributed by atoms with E-state index in [-0.39, 0.29) is 29.7 Å². The van der Waals surface area contributed by atoms with Crippen LogP contribution < -0.4 is 16.2 Å². The summed E-state index contributed by atoms with van der Waals surface area (Å²) in [7, 11) is 0. The van der Waals surface area contributed by atoms with Crippen LogP contribution in [-0.4, -0.2) is 18.0 Å². The quantitative estimate of drug-likeness (QED) is 0.436. The summed E-state index contributed by atoms with van der Waals surface area (Å²) in [5.41, 5.74) is 4.47. The maximum Gasteiger partial charge on any atom is 0.240 e. The molecule has 0 bridgehead atoms. The van der Waals surface area contributed by atoms with Crippen molar-refractivity contribution in [1.82, 2.24) is 5.43 Å². The molecule has 0 radical (unpaired) electrons. The number of carbonyl (C=O) groups excluding carboxylic acids is 2. The summed E-state index contributed by atoms with van der Waals surface area (Å²) < 4.78 is 6.22. The van der Waals surface area contributed by atoms with Gasteiger partial charge in [-0.15, -0.1) is 0 Å². The second-order valence-corrected chi connectivity index (χ2v) is 7.28. The maximum absolute atomic E-state index is 12.4. The highest BCUT2D eigenvalue weighted by Crippen LogP contribution is 2.17. The number of fused-ring (bicyclic) bond motifs is 1. The highest BCUT2D eigenvalue weighted by molar-refractivity contribution is 9.10. The van der Waals surface area contributed by atoms with Gasteiger partial charge in [0, 0.05) is 23.0 Å². The van der Waals surface area contributed by atoms with Crippen LogP contribution in [0.25, 0.3) is 11.0 Å². The Labute approximate surface area is 174 Å². The third-order valence-electron chi connectivity index (χ3n) is 4.07. The maximum atomic E-state index is 12.4. The Morgan fingerprint density at radius 1 is 1.10 bits per heavy atom. The molecule has 0 saturated carbocycles. The van der Waals surface area contributed by atoms with Gasteiger partial charge in [0.25, 0.3) is 0 Å². The fraction of sp³-hybridized carbons (Fsp3) is 0.143. The zero-order valence-corrected chi connectivity index (χ0v) is 17.2. The first-order valence-corrected chi connectivity index (χ1v) is 9.61.